The number of hydrogen-bond donors (Lipinski definition) is 2. The average Bonchev–Trinajstić information content (AvgIpc) is 2.54. The fraction of sp³-hybridized carbons (Fsp3) is 0.529. The average molecular weight is 332 g/mol. The predicted octanol–water partition coefficient (Wildman–Crippen LogP) is 1.61. The molecule has 130 valence electrons. The van der Waals surface area contributed by atoms with E-state index in [0.717, 1.165) is 42.0 Å². The zero-order chi connectivity index (χ0) is 17.2. The summed E-state index contributed by atoms with van der Waals surface area (Å²) < 4.78 is 5.44. The fourth-order valence-corrected chi connectivity index (χ4v) is 3.04. The van der Waals surface area contributed by atoms with E-state index in [4.69, 9.17) is 15.3 Å². The molecule has 2 aliphatic rings. The first kappa shape index (κ1) is 16.7. The normalized spacial score (nSPS) is 21.3. The molecule has 7 nitrogen and oxygen atoms in total. The predicted molar refractivity (Wildman–Crippen MR) is 93.2 cm³/mol. The van der Waals surface area contributed by atoms with Crippen LogP contribution in [0.4, 0.5) is 11.4 Å². The van der Waals surface area contributed by atoms with Crippen molar-refractivity contribution in [3.63, 3.8) is 0 Å². The largest absolute Gasteiger partial charge is 0.398 e. The second-order valence-corrected chi connectivity index (χ2v) is 6.36. The number of hydrogen-bond acceptors (Lipinski definition) is 5. The van der Waals surface area contributed by atoms with Gasteiger partial charge in [-0.15, -0.1) is 0 Å². The zero-order valence-corrected chi connectivity index (χ0v) is 14.2. The Labute approximate surface area is 141 Å². The van der Waals surface area contributed by atoms with E-state index in [1.807, 2.05) is 25.1 Å². The van der Waals surface area contributed by atoms with Crippen LogP contribution < -0.4 is 16.0 Å². The number of carbonyl (C=O) groups excluding carboxylic acids is 1. The summed E-state index contributed by atoms with van der Waals surface area (Å²) in [5, 5.41) is 6.97. The summed E-state index contributed by atoms with van der Waals surface area (Å²) in [5.74, 6) is 0.632. The molecule has 1 aromatic rings. The minimum Gasteiger partial charge on any atom is -0.398 e. The Bertz CT molecular complexity index is 655. The molecule has 0 unspecified atom stereocenters. The minimum absolute atomic E-state index is 0.103. The smallest absolute Gasteiger partial charge is 0.244 e. The van der Waals surface area contributed by atoms with Crippen LogP contribution in [0.25, 0.3) is 0 Å². The molecule has 7 heteroatoms. The maximum atomic E-state index is 12.3. The number of amidine groups is 1. The van der Waals surface area contributed by atoms with Gasteiger partial charge in [-0.1, -0.05) is 5.16 Å². The van der Waals surface area contributed by atoms with Gasteiger partial charge in [0.05, 0.1) is 12.1 Å². The number of nitrogens with one attached hydrogen (secondary N) is 1. The number of ether oxygens (including phenoxy) is 1. The number of anilines is 2. The van der Waals surface area contributed by atoms with Crippen LogP contribution >= 0.6 is 0 Å². The molecule has 3 rings (SSSR count). The van der Waals surface area contributed by atoms with Crippen LogP contribution in [0.15, 0.2) is 23.4 Å². The molecule has 0 atom stereocenters. The molecule has 1 aliphatic carbocycles. The number of amides is 1. The van der Waals surface area contributed by atoms with Crippen molar-refractivity contribution in [1.82, 2.24) is 0 Å². The Morgan fingerprint density at radius 3 is 2.88 bits per heavy atom. The lowest BCUT2D eigenvalue weighted by Crippen LogP contribution is -2.56. The van der Waals surface area contributed by atoms with E-state index in [9.17, 15) is 4.79 Å². The van der Waals surface area contributed by atoms with Crippen molar-refractivity contribution < 1.29 is 14.4 Å². The van der Waals surface area contributed by atoms with E-state index in [-0.39, 0.29) is 5.91 Å². The van der Waals surface area contributed by atoms with Crippen LogP contribution in [0.5, 0.6) is 0 Å². The summed E-state index contributed by atoms with van der Waals surface area (Å²) in [5.41, 5.74) is 8.19. The Kier molecular flexibility index (Phi) is 4.73. The lowest BCUT2D eigenvalue weighted by molar-refractivity contribution is -0.123. The lowest BCUT2D eigenvalue weighted by Gasteiger charge is -2.36. The van der Waals surface area contributed by atoms with E-state index >= 15 is 0 Å². The Morgan fingerprint density at radius 1 is 1.46 bits per heavy atom. The van der Waals surface area contributed by atoms with E-state index < -0.39 is 5.54 Å². The number of aryl methyl sites for hydroxylation is 1. The molecule has 2 fully saturated rings. The van der Waals surface area contributed by atoms with Crippen LogP contribution in [0.2, 0.25) is 0 Å². The van der Waals surface area contributed by atoms with Gasteiger partial charge >= 0.3 is 0 Å². The van der Waals surface area contributed by atoms with Gasteiger partial charge in [0.15, 0.2) is 5.84 Å². The van der Waals surface area contributed by atoms with Crippen molar-refractivity contribution in [1.29, 1.82) is 0 Å². The van der Waals surface area contributed by atoms with Gasteiger partial charge in [0.2, 0.25) is 5.91 Å². The van der Waals surface area contributed by atoms with Gasteiger partial charge in [-0.2, -0.15) is 0 Å². The fourth-order valence-electron chi connectivity index (χ4n) is 3.04. The highest BCUT2D eigenvalue weighted by molar-refractivity contribution is 6.01. The molecule has 1 aliphatic heterocycles. The van der Waals surface area contributed by atoms with Gasteiger partial charge in [-0.25, -0.2) is 0 Å². The van der Waals surface area contributed by atoms with Crippen LogP contribution in [0.1, 0.15) is 24.8 Å². The second kappa shape index (κ2) is 6.78. The van der Waals surface area contributed by atoms with Gasteiger partial charge in [0.1, 0.15) is 13.7 Å². The Balaban J connectivity index is 1.77. The van der Waals surface area contributed by atoms with Crippen molar-refractivity contribution in [3.8, 4) is 0 Å². The molecule has 1 aromatic carbocycles. The number of nitrogens with two attached hydrogens (primary N) is 1. The third-order valence-electron chi connectivity index (χ3n) is 4.64. The van der Waals surface area contributed by atoms with E-state index in [2.05, 4.69) is 15.4 Å². The molecule has 0 aromatic heterocycles. The van der Waals surface area contributed by atoms with Gasteiger partial charge in [0, 0.05) is 17.9 Å². The number of nitrogens with zero attached hydrogens (tertiary/aromatic N) is 2. The zero-order valence-electron chi connectivity index (χ0n) is 14.2. The monoisotopic (exact) mass is 332 g/mol. The highest BCUT2D eigenvalue weighted by Crippen LogP contribution is 2.31. The van der Waals surface area contributed by atoms with Gasteiger partial charge < -0.3 is 25.5 Å². The molecule has 24 heavy (non-hydrogen) atoms. The maximum Gasteiger partial charge on any atom is 0.244 e. The molecule has 0 bridgehead atoms. The quantitative estimate of drug-likeness (QED) is 0.818. The van der Waals surface area contributed by atoms with Crippen LogP contribution in [-0.2, 0) is 14.4 Å². The molecular weight excluding hydrogens is 308 g/mol. The number of rotatable bonds is 4. The van der Waals surface area contributed by atoms with Crippen molar-refractivity contribution in [3.05, 3.63) is 23.8 Å². The number of oxime groups is 1. The third-order valence-corrected chi connectivity index (χ3v) is 4.64. The lowest BCUT2D eigenvalue weighted by atomic mass is 9.77. The molecule has 0 spiro atoms. The first-order chi connectivity index (χ1) is 11.5. The summed E-state index contributed by atoms with van der Waals surface area (Å²) in [7, 11) is 1.52. The molecule has 1 saturated carbocycles. The third kappa shape index (κ3) is 3.22. The van der Waals surface area contributed by atoms with Gasteiger partial charge in [0.25, 0.3) is 0 Å². The molecule has 3 N–H and O–H groups in total. The summed E-state index contributed by atoms with van der Waals surface area (Å²) in [4.78, 5) is 19.2. The second-order valence-electron chi connectivity index (χ2n) is 6.36. The summed E-state index contributed by atoms with van der Waals surface area (Å²) in [6.45, 7) is 3.77. The van der Waals surface area contributed by atoms with Crippen LogP contribution in [-0.4, -0.2) is 44.2 Å². The highest BCUT2D eigenvalue weighted by Gasteiger charge is 2.40. The SMILES string of the molecule is CON=C1COCCN1c1ccc(NC(=O)C2(N)CCC2)cc1C. The van der Waals surface area contributed by atoms with Gasteiger partial charge in [-0.3, -0.25) is 4.79 Å². The van der Waals surface area contributed by atoms with E-state index in [1.165, 1.54) is 7.11 Å². The summed E-state index contributed by atoms with van der Waals surface area (Å²) in [6.07, 6.45) is 2.52. The van der Waals surface area contributed by atoms with Crippen molar-refractivity contribution in [2.75, 3.05) is 37.1 Å². The van der Waals surface area contributed by atoms with Crippen molar-refractivity contribution in [2.45, 2.75) is 31.7 Å². The minimum atomic E-state index is -0.699. The Hall–Kier alpha value is -2.12. The first-order valence-corrected chi connectivity index (χ1v) is 8.20. The maximum absolute atomic E-state index is 12.3. The molecular formula is C17H24N4O3. The molecule has 0 radical (unpaired) electrons. The number of carbonyl (C=O) groups is 1. The van der Waals surface area contributed by atoms with Crippen LogP contribution in [0.3, 0.4) is 0 Å². The Morgan fingerprint density at radius 2 is 2.25 bits per heavy atom. The van der Waals surface area contributed by atoms with Gasteiger partial charge in [-0.05, 0) is 49.9 Å². The van der Waals surface area contributed by atoms with Crippen LogP contribution in [0, 0.1) is 6.92 Å². The molecule has 1 saturated heterocycles. The van der Waals surface area contributed by atoms with E-state index in [0.29, 0.717) is 19.8 Å². The topological polar surface area (TPSA) is 89.2 Å². The number of morpholine rings is 1. The summed E-state index contributed by atoms with van der Waals surface area (Å²) in [6, 6.07) is 5.82. The van der Waals surface area contributed by atoms with E-state index in [1.54, 1.807) is 0 Å². The van der Waals surface area contributed by atoms with Crippen molar-refractivity contribution >= 4 is 23.1 Å². The highest BCUT2D eigenvalue weighted by atomic mass is 16.6. The summed E-state index contributed by atoms with van der Waals surface area (Å²) >= 11 is 0. The molecule has 1 amide bonds. The van der Waals surface area contributed by atoms with Crippen molar-refractivity contribution in [2.24, 2.45) is 10.9 Å². The first-order valence-electron chi connectivity index (χ1n) is 8.20. The standard InChI is InChI=1S/C17H24N4O3/c1-12-10-13(19-16(22)17(18)6-3-7-17)4-5-14(12)21-8-9-24-11-15(21)20-23-2/h4-5,10H,3,6-9,11,18H2,1-2H3,(H,19,22). The number of benzene rings is 1. The molecule has 1 heterocycles.